The number of benzene rings is 1. The molecule has 0 bridgehead atoms. The van der Waals surface area contributed by atoms with Crippen LogP contribution in [-0.4, -0.2) is 35.2 Å². The van der Waals surface area contributed by atoms with Gasteiger partial charge in [0.1, 0.15) is 0 Å². The van der Waals surface area contributed by atoms with E-state index in [0.29, 0.717) is 32.2 Å². The monoisotopic (exact) mass is 305 g/mol. The lowest BCUT2D eigenvalue weighted by Gasteiger charge is -2.18. The highest BCUT2D eigenvalue weighted by Crippen LogP contribution is 2.31. The van der Waals surface area contributed by atoms with Crippen LogP contribution in [0, 0.1) is 11.8 Å². The maximum atomic E-state index is 12.2. The predicted octanol–water partition coefficient (Wildman–Crippen LogP) is 1.77. The van der Waals surface area contributed by atoms with E-state index >= 15 is 0 Å². The van der Waals surface area contributed by atoms with Crippen LogP contribution in [0.4, 0.5) is 0 Å². The molecule has 0 aliphatic heterocycles. The quantitative estimate of drug-likeness (QED) is 0.716. The largest absolute Gasteiger partial charge is 0.481 e. The third-order valence-electron chi connectivity index (χ3n) is 4.42. The van der Waals surface area contributed by atoms with Gasteiger partial charge in [-0.1, -0.05) is 30.3 Å². The van der Waals surface area contributed by atoms with Crippen molar-refractivity contribution in [1.29, 1.82) is 0 Å². The minimum atomic E-state index is -0.808. The third kappa shape index (κ3) is 4.31. The number of carbonyl (C=O) groups excluding carboxylic acids is 1. The highest BCUT2D eigenvalue weighted by Gasteiger charge is 2.33. The summed E-state index contributed by atoms with van der Waals surface area (Å²) in [6.45, 7) is 0.539. The van der Waals surface area contributed by atoms with Crippen LogP contribution in [0.2, 0.25) is 0 Å². The summed E-state index contributed by atoms with van der Waals surface area (Å²) in [5, 5.41) is 21.1. The molecule has 3 atom stereocenters. The lowest BCUT2D eigenvalue weighted by molar-refractivity contribution is -0.141. The van der Waals surface area contributed by atoms with E-state index in [9.17, 15) is 14.7 Å². The molecule has 3 N–H and O–H groups in total. The molecule has 2 rings (SSSR count). The van der Waals surface area contributed by atoms with Gasteiger partial charge in [-0.3, -0.25) is 9.59 Å². The lowest BCUT2D eigenvalue weighted by atomic mass is 9.95. The number of amides is 1. The number of rotatable bonds is 7. The molecule has 1 aliphatic carbocycles. The molecule has 0 saturated heterocycles. The zero-order valence-corrected chi connectivity index (χ0v) is 12.6. The first-order chi connectivity index (χ1) is 10.6. The molecule has 5 nitrogen and oxygen atoms in total. The Labute approximate surface area is 130 Å². The molecule has 22 heavy (non-hydrogen) atoms. The fraction of sp³-hybridized carbons (Fsp3) is 0.529. The summed E-state index contributed by atoms with van der Waals surface area (Å²) in [6, 6.07) is 9.79. The van der Waals surface area contributed by atoms with Crippen LogP contribution < -0.4 is 5.32 Å². The summed E-state index contributed by atoms with van der Waals surface area (Å²) in [7, 11) is 0. The molecule has 0 aromatic heterocycles. The number of carboxylic acids is 1. The first kappa shape index (κ1) is 16.5. The molecule has 5 heteroatoms. The van der Waals surface area contributed by atoms with Gasteiger partial charge < -0.3 is 15.5 Å². The standard InChI is InChI=1S/C17H23NO4/c19-9-8-15(12-4-2-1-3-5-12)11-18-16(20)13-6-7-14(10-13)17(21)22/h1-5,13-15,19H,6-11H2,(H,18,20)(H,21,22)/t13-,14+,15?/m1/s1. The SMILES string of the molecule is O=C(O)[C@H]1CC[C@@H](C(=O)NCC(CCO)c2ccccc2)C1. The van der Waals surface area contributed by atoms with Crippen molar-refractivity contribution in [3.8, 4) is 0 Å². The number of carboxylic acid groups (broad SMARTS) is 1. The van der Waals surface area contributed by atoms with E-state index in [-0.39, 0.29) is 24.3 Å². The van der Waals surface area contributed by atoms with Gasteiger partial charge in [-0.2, -0.15) is 0 Å². The highest BCUT2D eigenvalue weighted by molar-refractivity contribution is 5.80. The van der Waals surface area contributed by atoms with E-state index in [0.717, 1.165) is 5.56 Å². The molecule has 1 aromatic carbocycles. The zero-order chi connectivity index (χ0) is 15.9. The van der Waals surface area contributed by atoms with Crippen LogP contribution in [0.5, 0.6) is 0 Å². The molecule has 0 spiro atoms. The first-order valence-electron chi connectivity index (χ1n) is 7.78. The Morgan fingerprint density at radius 1 is 1.18 bits per heavy atom. The average molecular weight is 305 g/mol. The predicted molar refractivity (Wildman–Crippen MR) is 82.4 cm³/mol. The average Bonchev–Trinajstić information content (AvgIpc) is 3.02. The second kappa shape index (κ2) is 7.94. The number of aliphatic hydroxyl groups is 1. The molecule has 120 valence electrons. The Bertz CT molecular complexity index is 503. The van der Waals surface area contributed by atoms with Crippen LogP contribution in [0.1, 0.15) is 37.2 Å². The number of hydrogen-bond acceptors (Lipinski definition) is 3. The van der Waals surface area contributed by atoms with Crippen molar-refractivity contribution in [2.24, 2.45) is 11.8 Å². The Morgan fingerprint density at radius 2 is 1.86 bits per heavy atom. The minimum absolute atomic E-state index is 0.0670. The van der Waals surface area contributed by atoms with E-state index in [2.05, 4.69) is 5.32 Å². The Hall–Kier alpha value is -1.88. The van der Waals surface area contributed by atoms with Crippen LogP contribution in [0.3, 0.4) is 0 Å². The van der Waals surface area contributed by atoms with Gasteiger partial charge in [0.05, 0.1) is 5.92 Å². The molecule has 1 amide bonds. The van der Waals surface area contributed by atoms with Gasteiger partial charge in [0.15, 0.2) is 0 Å². The van der Waals surface area contributed by atoms with Crippen molar-refractivity contribution in [3.05, 3.63) is 35.9 Å². The third-order valence-corrected chi connectivity index (χ3v) is 4.42. The van der Waals surface area contributed by atoms with Crippen molar-refractivity contribution >= 4 is 11.9 Å². The second-order valence-electron chi connectivity index (χ2n) is 5.91. The van der Waals surface area contributed by atoms with Crippen LogP contribution in [0.15, 0.2) is 30.3 Å². The second-order valence-corrected chi connectivity index (χ2v) is 5.91. The molecule has 1 saturated carbocycles. The zero-order valence-electron chi connectivity index (χ0n) is 12.6. The molecular formula is C17H23NO4. The van der Waals surface area contributed by atoms with Gasteiger partial charge in [0.2, 0.25) is 5.91 Å². The molecular weight excluding hydrogens is 282 g/mol. The number of hydrogen-bond donors (Lipinski definition) is 3. The molecule has 1 aromatic rings. The highest BCUT2D eigenvalue weighted by atomic mass is 16.4. The molecule has 1 unspecified atom stereocenters. The Balaban J connectivity index is 1.87. The molecule has 0 radical (unpaired) electrons. The van der Waals surface area contributed by atoms with Crippen LogP contribution in [0.25, 0.3) is 0 Å². The van der Waals surface area contributed by atoms with Gasteiger partial charge >= 0.3 is 5.97 Å². The van der Waals surface area contributed by atoms with E-state index in [1.807, 2.05) is 30.3 Å². The summed E-state index contributed by atoms with van der Waals surface area (Å²) in [5.74, 6) is -1.39. The van der Waals surface area contributed by atoms with Gasteiger partial charge in [-0.05, 0) is 31.2 Å². The van der Waals surface area contributed by atoms with Crippen LogP contribution >= 0.6 is 0 Å². The van der Waals surface area contributed by atoms with Crippen molar-refractivity contribution in [2.75, 3.05) is 13.2 Å². The van der Waals surface area contributed by atoms with E-state index in [4.69, 9.17) is 5.11 Å². The smallest absolute Gasteiger partial charge is 0.306 e. The van der Waals surface area contributed by atoms with Crippen LogP contribution in [-0.2, 0) is 9.59 Å². The maximum Gasteiger partial charge on any atom is 0.306 e. The van der Waals surface area contributed by atoms with Gasteiger partial charge in [0, 0.05) is 25.0 Å². The normalized spacial score (nSPS) is 22.2. The minimum Gasteiger partial charge on any atom is -0.481 e. The summed E-state index contributed by atoms with van der Waals surface area (Å²) in [5.41, 5.74) is 1.09. The van der Waals surface area contributed by atoms with E-state index in [1.165, 1.54) is 0 Å². The van der Waals surface area contributed by atoms with E-state index < -0.39 is 11.9 Å². The summed E-state index contributed by atoms with van der Waals surface area (Å²) < 4.78 is 0. The Morgan fingerprint density at radius 3 is 2.45 bits per heavy atom. The summed E-state index contributed by atoms with van der Waals surface area (Å²) in [4.78, 5) is 23.1. The Kier molecular flexibility index (Phi) is 5.95. The summed E-state index contributed by atoms with van der Waals surface area (Å²) in [6.07, 6.45) is 2.23. The molecule has 0 heterocycles. The van der Waals surface area contributed by atoms with E-state index in [1.54, 1.807) is 0 Å². The fourth-order valence-electron chi connectivity index (χ4n) is 3.08. The topological polar surface area (TPSA) is 86.6 Å². The number of aliphatic carboxylic acids is 1. The van der Waals surface area contributed by atoms with Gasteiger partial charge in [-0.25, -0.2) is 0 Å². The number of carbonyl (C=O) groups is 2. The fourth-order valence-corrected chi connectivity index (χ4v) is 3.08. The number of aliphatic hydroxyl groups excluding tert-OH is 1. The summed E-state index contributed by atoms with van der Waals surface area (Å²) >= 11 is 0. The molecule has 1 fully saturated rings. The lowest BCUT2D eigenvalue weighted by Crippen LogP contribution is -2.33. The maximum absolute atomic E-state index is 12.2. The van der Waals surface area contributed by atoms with Crippen molar-refractivity contribution in [1.82, 2.24) is 5.32 Å². The van der Waals surface area contributed by atoms with Crippen molar-refractivity contribution in [3.63, 3.8) is 0 Å². The number of nitrogens with one attached hydrogen (secondary N) is 1. The van der Waals surface area contributed by atoms with Crippen molar-refractivity contribution < 1.29 is 19.8 Å². The van der Waals surface area contributed by atoms with Crippen molar-refractivity contribution in [2.45, 2.75) is 31.6 Å². The van der Waals surface area contributed by atoms with Gasteiger partial charge in [0.25, 0.3) is 0 Å². The molecule has 1 aliphatic rings. The first-order valence-corrected chi connectivity index (χ1v) is 7.78. The van der Waals surface area contributed by atoms with Gasteiger partial charge in [-0.15, -0.1) is 0 Å².